The molecule has 0 amide bonds. The van der Waals surface area contributed by atoms with Gasteiger partial charge in [0.2, 0.25) is 0 Å². The van der Waals surface area contributed by atoms with Gasteiger partial charge in [0, 0.05) is 5.39 Å². The molecular formula is C18H20N2. The van der Waals surface area contributed by atoms with E-state index in [9.17, 15) is 0 Å². The summed E-state index contributed by atoms with van der Waals surface area (Å²) < 4.78 is 2.19. The zero-order chi connectivity index (χ0) is 14.2. The molecule has 0 aliphatic heterocycles. The van der Waals surface area contributed by atoms with Crippen LogP contribution in [0, 0.1) is 6.92 Å². The van der Waals surface area contributed by atoms with E-state index >= 15 is 0 Å². The molecule has 0 aliphatic rings. The summed E-state index contributed by atoms with van der Waals surface area (Å²) in [5, 5.41) is 6.06. The number of rotatable bonds is 3. The molecule has 1 aromatic heterocycles. The van der Waals surface area contributed by atoms with Crippen LogP contribution in [0.5, 0.6) is 0 Å². The first kappa shape index (κ1) is 12.9. The third-order valence-corrected chi connectivity index (χ3v) is 4.32. The summed E-state index contributed by atoms with van der Waals surface area (Å²) in [5.41, 5.74) is 3.49. The van der Waals surface area contributed by atoms with E-state index in [2.05, 4.69) is 80.1 Å². The van der Waals surface area contributed by atoms with Crippen molar-refractivity contribution in [3.8, 4) is 0 Å². The van der Waals surface area contributed by atoms with Crippen LogP contribution in [-0.4, -0.2) is 9.78 Å². The third-order valence-electron chi connectivity index (χ3n) is 4.32. The van der Waals surface area contributed by atoms with E-state index < -0.39 is 0 Å². The third kappa shape index (κ3) is 1.83. The lowest BCUT2D eigenvalue weighted by molar-refractivity contribution is 0.351. The average Bonchev–Trinajstić information content (AvgIpc) is 2.85. The summed E-state index contributed by atoms with van der Waals surface area (Å²) in [4.78, 5) is 0. The van der Waals surface area contributed by atoms with Gasteiger partial charge < -0.3 is 0 Å². The quantitative estimate of drug-likeness (QED) is 0.680. The van der Waals surface area contributed by atoms with Crippen molar-refractivity contribution in [2.75, 3.05) is 0 Å². The number of nitrogens with zero attached hydrogens (tertiary/aromatic N) is 2. The van der Waals surface area contributed by atoms with Crippen LogP contribution in [0.4, 0.5) is 0 Å². The van der Waals surface area contributed by atoms with E-state index in [-0.39, 0.29) is 5.54 Å². The zero-order valence-electron chi connectivity index (χ0n) is 12.3. The van der Waals surface area contributed by atoms with Crippen LogP contribution in [0.25, 0.3) is 10.9 Å². The molecule has 1 heterocycles. The first-order valence-electron chi connectivity index (χ1n) is 7.17. The lowest BCUT2D eigenvalue weighted by Gasteiger charge is -2.30. The Labute approximate surface area is 120 Å². The van der Waals surface area contributed by atoms with Crippen molar-refractivity contribution in [3.05, 3.63) is 65.9 Å². The maximum Gasteiger partial charge on any atom is 0.0852 e. The Morgan fingerprint density at radius 2 is 1.65 bits per heavy atom. The van der Waals surface area contributed by atoms with E-state index in [1.165, 1.54) is 16.5 Å². The minimum absolute atomic E-state index is 0.116. The first-order valence-corrected chi connectivity index (χ1v) is 7.17. The molecule has 0 fully saturated rings. The van der Waals surface area contributed by atoms with Crippen LogP contribution < -0.4 is 0 Å². The van der Waals surface area contributed by atoms with Gasteiger partial charge in [0.15, 0.2) is 0 Å². The Morgan fingerprint density at radius 3 is 2.35 bits per heavy atom. The Kier molecular flexibility index (Phi) is 3.09. The second kappa shape index (κ2) is 4.78. The Bertz CT molecular complexity index is 728. The number of hydrogen-bond donors (Lipinski definition) is 0. The average molecular weight is 264 g/mol. The fourth-order valence-electron chi connectivity index (χ4n) is 2.87. The van der Waals surface area contributed by atoms with Crippen molar-refractivity contribution in [2.45, 2.75) is 32.7 Å². The fourth-order valence-corrected chi connectivity index (χ4v) is 2.87. The predicted molar refractivity (Wildman–Crippen MR) is 84.0 cm³/mol. The standard InChI is InChI=1S/C18H20N2/c1-4-18(3,15-10-6-5-7-11-15)20-17-13-9-8-12-16(17)14(2)19-20/h5-13H,4H2,1-3H3/t18-/m0/s1. The molecule has 0 N–H and O–H groups in total. The largest absolute Gasteiger partial charge is 0.254 e. The van der Waals surface area contributed by atoms with E-state index in [1.54, 1.807) is 0 Å². The van der Waals surface area contributed by atoms with Crippen LogP contribution >= 0.6 is 0 Å². The van der Waals surface area contributed by atoms with Gasteiger partial charge in [0.1, 0.15) is 0 Å². The second-order valence-corrected chi connectivity index (χ2v) is 5.51. The highest BCUT2D eigenvalue weighted by atomic mass is 15.3. The van der Waals surface area contributed by atoms with Crippen LogP contribution in [0.1, 0.15) is 31.5 Å². The molecule has 3 aromatic rings. The lowest BCUT2D eigenvalue weighted by Crippen LogP contribution is -2.31. The molecule has 0 radical (unpaired) electrons. The topological polar surface area (TPSA) is 17.8 Å². The normalized spacial score (nSPS) is 14.3. The van der Waals surface area contributed by atoms with Gasteiger partial charge in [0.25, 0.3) is 0 Å². The molecule has 2 heteroatoms. The molecule has 0 saturated heterocycles. The Hall–Kier alpha value is -2.09. The molecule has 1 atom stereocenters. The second-order valence-electron chi connectivity index (χ2n) is 5.51. The summed E-state index contributed by atoms with van der Waals surface area (Å²) in [5.74, 6) is 0. The number of aryl methyl sites for hydroxylation is 1. The van der Waals surface area contributed by atoms with Gasteiger partial charge in [-0.05, 0) is 31.9 Å². The van der Waals surface area contributed by atoms with Gasteiger partial charge >= 0.3 is 0 Å². The van der Waals surface area contributed by atoms with E-state index in [4.69, 9.17) is 5.10 Å². The van der Waals surface area contributed by atoms with Crippen LogP contribution in [-0.2, 0) is 5.54 Å². The molecule has 102 valence electrons. The molecule has 2 nitrogen and oxygen atoms in total. The lowest BCUT2D eigenvalue weighted by atomic mass is 9.89. The fraction of sp³-hybridized carbons (Fsp3) is 0.278. The summed E-state index contributed by atoms with van der Waals surface area (Å²) in [6, 6.07) is 19.1. The predicted octanol–water partition coefficient (Wildman–Crippen LogP) is 4.52. The van der Waals surface area contributed by atoms with Crippen molar-refractivity contribution >= 4 is 10.9 Å². The minimum atomic E-state index is -0.116. The number of para-hydroxylation sites is 1. The van der Waals surface area contributed by atoms with E-state index in [1.807, 2.05) is 0 Å². The smallest absolute Gasteiger partial charge is 0.0852 e. The molecule has 0 bridgehead atoms. The molecule has 20 heavy (non-hydrogen) atoms. The van der Waals surface area contributed by atoms with Gasteiger partial charge in [-0.2, -0.15) is 5.10 Å². The SMILES string of the molecule is CC[C@@](C)(c1ccccc1)n1nc(C)c2ccccc21. The molecule has 2 aromatic carbocycles. The summed E-state index contributed by atoms with van der Waals surface area (Å²) in [6.45, 7) is 6.57. The minimum Gasteiger partial charge on any atom is -0.254 e. The molecule has 0 unspecified atom stereocenters. The van der Waals surface area contributed by atoms with Crippen molar-refractivity contribution in [2.24, 2.45) is 0 Å². The summed E-state index contributed by atoms with van der Waals surface area (Å²) >= 11 is 0. The van der Waals surface area contributed by atoms with Gasteiger partial charge in [-0.1, -0.05) is 55.5 Å². The Balaban J connectivity index is 2.27. The molecule has 0 saturated carbocycles. The van der Waals surface area contributed by atoms with Crippen LogP contribution in [0.2, 0.25) is 0 Å². The Morgan fingerprint density at radius 1 is 1.00 bits per heavy atom. The van der Waals surface area contributed by atoms with Crippen molar-refractivity contribution in [1.29, 1.82) is 0 Å². The highest BCUT2D eigenvalue weighted by molar-refractivity contribution is 5.82. The van der Waals surface area contributed by atoms with Crippen LogP contribution in [0.3, 0.4) is 0 Å². The molecule has 3 rings (SSSR count). The number of aromatic nitrogens is 2. The highest BCUT2D eigenvalue weighted by Gasteiger charge is 2.29. The highest BCUT2D eigenvalue weighted by Crippen LogP contribution is 2.33. The maximum absolute atomic E-state index is 4.83. The first-order chi connectivity index (χ1) is 9.66. The molecule has 0 aliphatic carbocycles. The van der Waals surface area contributed by atoms with Gasteiger partial charge in [-0.15, -0.1) is 0 Å². The van der Waals surface area contributed by atoms with E-state index in [0.717, 1.165) is 12.1 Å². The van der Waals surface area contributed by atoms with Crippen LogP contribution in [0.15, 0.2) is 54.6 Å². The summed E-state index contributed by atoms with van der Waals surface area (Å²) in [6.07, 6.45) is 1.00. The number of hydrogen-bond acceptors (Lipinski definition) is 1. The number of benzene rings is 2. The van der Waals surface area contributed by atoms with Crippen molar-refractivity contribution < 1.29 is 0 Å². The zero-order valence-corrected chi connectivity index (χ0v) is 12.3. The van der Waals surface area contributed by atoms with Gasteiger partial charge in [-0.3, -0.25) is 4.68 Å². The monoisotopic (exact) mass is 264 g/mol. The van der Waals surface area contributed by atoms with Crippen molar-refractivity contribution in [3.63, 3.8) is 0 Å². The number of fused-ring (bicyclic) bond motifs is 1. The van der Waals surface area contributed by atoms with E-state index in [0.29, 0.717) is 0 Å². The van der Waals surface area contributed by atoms with Gasteiger partial charge in [-0.25, -0.2) is 0 Å². The summed E-state index contributed by atoms with van der Waals surface area (Å²) in [7, 11) is 0. The maximum atomic E-state index is 4.83. The van der Waals surface area contributed by atoms with Crippen molar-refractivity contribution in [1.82, 2.24) is 9.78 Å². The molecule has 0 spiro atoms. The molecular weight excluding hydrogens is 244 g/mol. The van der Waals surface area contributed by atoms with Gasteiger partial charge in [0.05, 0.1) is 16.7 Å².